The summed E-state index contributed by atoms with van der Waals surface area (Å²) in [4.78, 5) is 31.7. The van der Waals surface area contributed by atoms with Crippen molar-refractivity contribution in [1.82, 2.24) is 9.88 Å². The lowest BCUT2D eigenvalue weighted by Crippen LogP contribution is -2.21. The minimum Gasteiger partial charge on any atom is -0.338 e. The second-order valence-electron chi connectivity index (χ2n) is 6.97. The molecule has 144 valence electrons. The third-order valence-corrected chi connectivity index (χ3v) is 6.00. The monoisotopic (exact) mass is 385 g/mol. The van der Waals surface area contributed by atoms with Gasteiger partial charge in [-0.2, -0.15) is 0 Å². The van der Waals surface area contributed by atoms with Crippen molar-refractivity contribution >= 4 is 28.8 Å². The first kappa shape index (κ1) is 19.5. The maximum absolute atomic E-state index is 12.7. The van der Waals surface area contributed by atoms with Crippen molar-refractivity contribution in [2.24, 2.45) is 0 Å². The predicted molar refractivity (Wildman–Crippen MR) is 109 cm³/mol. The number of anilines is 1. The maximum Gasteiger partial charge on any atom is 0.257 e. The molecule has 2 aromatic rings. The minimum absolute atomic E-state index is 0.0717. The molecular formula is C21H27N3O2S. The highest BCUT2D eigenvalue weighted by Gasteiger charge is 2.25. The molecule has 0 radical (unpaired) electrons. The molecule has 1 atom stereocenters. The Morgan fingerprint density at radius 3 is 2.89 bits per heavy atom. The Hall–Kier alpha value is -2.21. The van der Waals surface area contributed by atoms with E-state index in [1.165, 1.54) is 4.88 Å². The minimum atomic E-state index is -0.146. The molecule has 1 aromatic carbocycles. The van der Waals surface area contributed by atoms with Gasteiger partial charge in [-0.05, 0) is 43.4 Å². The van der Waals surface area contributed by atoms with Gasteiger partial charge in [0, 0.05) is 17.0 Å². The van der Waals surface area contributed by atoms with Crippen LogP contribution in [0.1, 0.15) is 72.1 Å². The fraction of sp³-hybridized carbons (Fsp3) is 0.476. The molecule has 1 fully saturated rings. The van der Waals surface area contributed by atoms with Crippen molar-refractivity contribution in [2.75, 3.05) is 11.9 Å². The van der Waals surface area contributed by atoms with E-state index in [0.29, 0.717) is 10.7 Å². The number of carbonyl (C=O) groups is 2. The van der Waals surface area contributed by atoms with Gasteiger partial charge in [-0.1, -0.05) is 38.8 Å². The lowest BCUT2D eigenvalue weighted by atomic mass is 10.0. The molecule has 0 bridgehead atoms. The van der Waals surface area contributed by atoms with Crippen LogP contribution in [0.2, 0.25) is 0 Å². The SMILES string of the molecule is CCCc1nc(NC(=O)c2cccc([C@H]3CCCN3C=O)c2)sc1CCC. The van der Waals surface area contributed by atoms with Gasteiger partial charge in [0.05, 0.1) is 11.7 Å². The number of benzene rings is 1. The molecular weight excluding hydrogens is 358 g/mol. The molecule has 1 N–H and O–H groups in total. The summed E-state index contributed by atoms with van der Waals surface area (Å²) in [6.07, 6.45) is 6.91. The summed E-state index contributed by atoms with van der Waals surface area (Å²) in [6, 6.07) is 7.66. The van der Waals surface area contributed by atoms with Gasteiger partial charge >= 0.3 is 0 Å². The smallest absolute Gasteiger partial charge is 0.257 e. The van der Waals surface area contributed by atoms with E-state index in [-0.39, 0.29) is 11.9 Å². The highest BCUT2D eigenvalue weighted by Crippen LogP contribution is 2.31. The molecule has 1 aliphatic rings. The van der Waals surface area contributed by atoms with Crippen molar-refractivity contribution < 1.29 is 9.59 Å². The summed E-state index contributed by atoms with van der Waals surface area (Å²) in [5.74, 6) is -0.146. The van der Waals surface area contributed by atoms with E-state index in [9.17, 15) is 9.59 Å². The van der Waals surface area contributed by atoms with Gasteiger partial charge in [-0.25, -0.2) is 4.98 Å². The number of likely N-dealkylation sites (tertiary alicyclic amines) is 1. The Labute approximate surface area is 164 Å². The lowest BCUT2D eigenvalue weighted by Gasteiger charge is -2.20. The van der Waals surface area contributed by atoms with Crippen molar-refractivity contribution in [1.29, 1.82) is 0 Å². The standard InChI is InChI=1S/C21H27N3O2S/c1-3-7-17-19(8-4-2)27-21(22-17)23-20(26)16-10-5-9-15(13-16)18-11-6-12-24(18)14-25/h5,9-10,13-14,18H,3-4,6-8,11-12H2,1-2H3,(H,22,23,26)/t18-/m1/s1. The van der Waals surface area contributed by atoms with Gasteiger partial charge in [-0.15, -0.1) is 11.3 Å². The highest BCUT2D eigenvalue weighted by molar-refractivity contribution is 7.15. The van der Waals surface area contributed by atoms with Gasteiger partial charge in [0.1, 0.15) is 0 Å². The van der Waals surface area contributed by atoms with E-state index in [4.69, 9.17) is 0 Å². The first-order valence-electron chi connectivity index (χ1n) is 9.77. The second kappa shape index (κ2) is 9.13. The Morgan fingerprint density at radius 1 is 1.33 bits per heavy atom. The predicted octanol–water partition coefficient (Wildman–Crippen LogP) is 4.59. The normalized spacial score (nSPS) is 16.5. The topological polar surface area (TPSA) is 62.3 Å². The number of nitrogens with zero attached hydrogens (tertiary/aromatic N) is 2. The van der Waals surface area contributed by atoms with Gasteiger partial charge in [0.2, 0.25) is 6.41 Å². The molecule has 0 spiro atoms. The van der Waals surface area contributed by atoms with Crippen molar-refractivity contribution in [3.05, 3.63) is 46.0 Å². The molecule has 2 amide bonds. The van der Waals surface area contributed by atoms with Crippen LogP contribution in [0.3, 0.4) is 0 Å². The van der Waals surface area contributed by atoms with Crippen LogP contribution in [0.25, 0.3) is 0 Å². The molecule has 1 aromatic heterocycles. The van der Waals surface area contributed by atoms with Crippen LogP contribution in [0, 0.1) is 0 Å². The maximum atomic E-state index is 12.7. The van der Waals surface area contributed by atoms with E-state index in [1.54, 1.807) is 11.3 Å². The number of thiazole rings is 1. The third-order valence-electron chi connectivity index (χ3n) is 4.93. The summed E-state index contributed by atoms with van der Waals surface area (Å²) in [5.41, 5.74) is 2.74. The van der Waals surface area contributed by atoms with E-state index < -0.39 is 0 Å². The highest BCUT2D eigenvalue weighted by atomic mass is 32.1. The molecule has 0 aliphatic carbocycles. The number of aromatic nitrogens is 1. The summed E-state index contributed by atoms with van der Waals surface area (Å²) < 4.78 is 0. The fourth-order valence-electron chi connectivity index (χ4n) is 3.62. The zero-order valence-corrected chi connectivity index (χ0v) is 16.8. The number of rotatable bonds is 8. The molecule has 3 rings (SSSR count). The van der Waals surface area contributed by atoms with Crippen LogP contribution in [0.15, 0.2) is 24.3 Å². The first-order valence-corrected chi connectivity index (χ1v) is 10.6. The van der Waals surface area contributed by atoms with Crippen molar-refractivity contribution in [2.45, 2.75) is 58.4 Å². The molecule has 0 saturated carbocycles. The molecule has 0 unspecified atom stereocenters. The van der Waals surface area contributed by atoms with E-state index in [1.807, 2.05) is 29.2 Å². The molecule has 1 saturated heterocycles. The van der Waals surface area contributed by atoms with Gasteiger partial charge in [0.15, 0.2) is 5.13 Å². The molecule has 2 heterocycles. The van der Waals surface area contributed by atoms with E-state index >= 15 is 0 Å². The summed E-state index contributed by atoms with van der Waals surface area (Å²) in [5, 5.41) is 3.64. The van der Waals surface area contributed by atoms with Crippen LogP contribution < -0.4 is 5.32 Å². The third kappa shape index (κ3) is 4.56. The van der Waals surface area contributed by atoms with E-state index in [2.05, 4.69) is 24.1 Å². The first-order chi connectivity index (χ1) is 13.2. The van der Waals surface area contributed by atoms with Crippen LogP contribution >= 0.6 is 11.3 Å². The van der Waals surface area contributed by atoms with Crippen LogP contribution in [0.5, 0.6) is 0 Å². The van der Waals surface area contributed by atoms with Gasteiger partial charge < -0.3 is 4.90 Å². The number of aryl methyl sites for hydroxylation is 2. The summed E-state index contributed by atoms with van der Waals surface area (Å²) >= 11 is 1.58. The molecule has 27 heavy (non-hydrogen) atoms. The second-order valence-corrected chi connectivity index (χ2v) is 8.05. The molecule has 5 nitrogen and oxygen atoms in total. The Balaban J connectivity index is 1.76. The number of amides is 2. The summed E-state index contributed by atoms with van der Waals surface area (Å²) in [6.45, 7) is 5.08. The van der Waals surface area contributed by atoms with Crippen molar-refractivity contribution in [3.8, 4) is 0 Å². The van der Waals surface area contributed by atoms with Crippen LogP contribution in [0.4, 0.5) is 5.13 Å². The average molecular weight is 386 g/mol. The quantitative estimate of drug-likeness (QED) is 0.676. The zero-order valence-electron chi connectivity index (χ0n) is 16.0. The Kier molecular flexibility index (Phi) is 6.61. The fourth-order valence-corrected chi connectivity index (χ4v) is 4.73. The zero-order chi connectivity index (χ0) is 19.2. The number of hydrogen-bond acceptors (Lipinski definition) is 4. The van der Waals surface area contributed by atoms with Crippen LogP contribution in [-0.4, -0.2) is 28.7 Å². The average Bonchev–Trinajstić information content (AvgIpc) is 3.29. The largest absolute Gasteiger partial charge is 0.338 e. The number of nitrogens with one attached hydrogen (secondary N) is 1. The number of carbonyl (C=O) groups excluding carboxylic acids is 2. The lowest BCUT2D eigenvalue weighted by molar-refractivity contribution is -0.118. The molecule has 6 heteroatoms. The summed E-state index contributed by atoms with van der Waals surface area (Å²) in [7, 11) is 0. The Bertz CT molecular complexity index is 779. The van der Waals surface area contributed by atoms with Gasteiger partial charge in [-0.3, -0.25) is 14.9 Å². The van der Waals surface area contributed by atoms with Crippen LogP contribution in [-0.2, 0) is 17.6 Å². The molecule has 1 aliphatic heterocycles. The van der Waals surface area contributed by atoms with E-state index in [0.717, 1.165) is 62.7 Å². The number of hydrogen-bond donors (Lipinski definition) is 1. The van der Waals surface area contributed by atoms with Gasteiger partial charge in [0.25, 0.3) is 5.91 Å². The van der Waals surface area contributed by atoms with Crippen molar-refractivity contribution in [3.63, 3.8) is 0 Å². The Morgan fingerprint density at radius 2 is 2.15 bits per heavy atom.